The van der Waals surface area contributed by atoms with E-state index in [0.29, 0.717) is 0 Å². The second kappa shape index (κ2) is 9.58. The van der Waals surface area contributed by atoms with E-state index in [0.717, 1.165) is 32.2 Å². The van der Waals surface area contributed by atoms with Crippen LogP contribution >= 0.6 is 0 Å². The van der Waals surface area contributed by atoms with Gasteiger partial charge < -0.3 is 4.74 Å². The Morgan fingerprint density at radius 1 is 1.00 bits per heavy atom. The monoisotopic (exact) mass is 393 g/mol. The summed E-state index contributed by atoms with van der Waals surface area (Å²) in [4.78, 5) is 15.6. The highest BCUT2D eigenvalue weighted by Crippen LogP contribution is 2.36. The lowest BCUT2D eigenvalue weighted by Gasteiger charge is -2.43. The van der Waals surface area contributed by atoms with E-state index in [1.165, 1.54) is 11.1 Å². The van der Waals surface area contributed by atoms with E-state index in [2.05, 4.69) is 72.5 Å². The molecule has 0 aromatic heterocycles. The molecule has 0 bridgehead atoms. The molecule has 0 spiro atoms. The molecular formula is C26H35NO2. The Hall–Kier alpha value is -2.13. The summed E-state index contributed by atoms with van der Waals surface area (Å²) in [7, 11) is 0. The molecule has 3 rings (SSSR count). The number of rotatable bonds is 6. The van der Waals surface area contributed by atoms with Crippen LogP contribution in [0.25, 0.3) is 0 Å². The lowest BCUT2D eigenvalue weighted by atomic mass is 9.82. The van der Waals surface area contributed by atoms with Gasteiger partial charge in [-0.1, -0.05) is 73.5 Å². The van der Waals surface area contributed by atoms with E-state index in [1.54, 1.807) is 0 Å². The van der Waals surface area contributed by atoms with Crippen LogP contribution in [0.1, 0.15) is 70.5 Å². The molecule has 0 N–H and O–H groups in total. The molecule has 0 radical (unpaired) electrons. The molecule has 0 heterocycles. The Kier molecular flexibility index (Phi) is 7.13. The number of benzene rings is 2. The zero-order valence-corrected chi connectivity index (χ0v) is 18.3. The first kappa shape index (κ1) is 21.6. The van der Waals surface area contributed by atoms with Crippen molar-refractivity contribution in [3.8, 4) is 0 Å². The number of carbonyl (C=O) groups is 1. The van der Waals surface area contributed by atoms with Crippen LogP contribution in [0.3, 0.4) is 0 Å². The summed E-state index contributed by atoms with van der Waals surface area (Å²) in [6.07, 6.45) is 4.20. The average molecular weight is 394 g/mol. The zero-order chi connectivity index (χ0) is 20.9. The summed E-state index contributed by atoms with van der Waals surface area (Å²) in [5.74, 6) is -0.113. The Morgan fingerprint density at radius 2 is 1.59 bits per heavy atom. The zero-order valence-electron chi connectivity index (χ0n) is 18.3. The van der Waals surface area contributed by atoms with Crippen molar-refractivity contribution in [1.29, 1.82) is 0 Å². The standard InChI is InChI=1S/C26H35NO2/c1-20(22-15-9-6-10-16-22)27(19-21-13-7-5-8-14-21)24-18-12-11-17-23(24)25(28)29-26(2,3)4/h5-10,13-16,20,23-24H,11-12,17-19H2,1-4H3/t20-,23+,24-/m0/s1. The van der Waals surface area contributed by atoms with Gasteiger partial charge in [0.05, 0.1) is 5.92 Å². The van der Waals surface area contributed by atoms with Gasteiger partial charge in [0.2, 0.25) is 0 Å². The fourth-order valence-corrected chi connectivity index (χ4v) is 4.42. The third-order valence-electron chi connectivity index (χ3n) is 5.85. The summed E-state index contributed by atoms with van der Waals surface area (Å²) in [6, 6.07) is 21.6. The maximum Gasteiger partial charge on any atom is 0.311 e. The molecule has 2 aromatic carbocycles. The number of carbonyl (C=O) groups excluding carboxylic acids is 1. The van der Waals surface area contributed by atoms with Crippen molar-refractivity contribution < 1.29 is 9.53 Å². The Balaban J connectivity index is 1.90. The van der Waals surface area contributed by atoms with Crippen LogP contribution in [0.2, 0.25) is 0 Å². The predicted molar refractivity (Wildman–Crippen MR) is 118 cm³/mol. The second-order valence-corrected chi connectivity index (χ2v) is 9.24. The summed E-state index contributed by atoms with van der Waals surface area (Å²) < 4.78 is 5.83. The highest BCUT2D eigenvalue weighted by Gasteiger charge is 2.39. The van der Waals surface area contributed by atoms with Crippen molar-refractivity contribution in [2.24, 2.45) is 5.92 Å². The fourth-order valence-electron chi connectivity index (χ4n) is 4.42. The van der Waals surface area contributed by atoms with Crippen LogP contribution < -0.4 is 0 Å². The first-order valence-corrected chi connectivity index (χ1v) is 10.9. The van der Waals surface area contributed by atoms with Gasteiger partial charge in [0.25, 0.3) is 0 Å². The van der Waals surface area contributed by atoms with Gasteiger partial charge in [-0.25, -0.2) is 0 Å². The maximum atomic E-state index is 13.1. The maximum absolute atomic E-state index is 13.1. The van der Waals surface area contributed by atoms with E-state index in [4.69, 9.17) is 4.74 Å². The molecule has 0 unspecified atom stereocenters. The number of hydrogen-bond donors (Lipinski definition) is 0. The van der Waals surface area contributed by atoms with Gasteiger partial charge in [-0.2, -0.15) is 0 Å². The normalized spacial score (nSPS) is 21.0. The molecular weight excluding hydrogens is 358 g/mol. The molecule has 1 saturated carbocycles. The van der Waals surface area contributed by atoms with Gasteiger partial charge in [0, 0.05) is 18.6 Å². The van der Waals surface area contributed by atoms with Crippen LogP contribution in [0.4, 0.5) is 0 Å². The molecule has 0 saturated heterocycles. The minimum Gasteiger partial charge on any atom is -0.460 e. The van der Waals surface area contributed by atoms with Gasteiger partial charge >= 0.3 is 5.97 Å². The molecule has 1 aliphatic carbocycles. The lowest BCUT2D eigenvalue weighted by molar-refractivity contribution is -0.164. The van der Waals surface area contributed by atoms with Crippen molar-refractivity contribution in [2.75, 3.05) is 0 Å². The number of nitrogens with zero attached hydrogens (tertiary/aromatic N) is 1. The average Bonchev–Trinajstić information content (AvgIpc) is 2.72. The summed E-state index contributed by atoms with van der Waals surface area (Å²) >= 11 is 0. The SMILES string of the molecule is C[C@@H](c1ccccc1)N(Cc1ccccc1)[C@H]1CCCC[C@H]1C(=O)OC(C)(C)C. The Labute approximate surface area is 176 Å². The smallest absolute Gasteiger partial charge is 0.311 e. The van der Waals surface area contributed by atoms with Crippen LogP contribution in [0.5, 0.6) is 0 Å². The van der Waals surface area contributed by atoms with E-state index in [9.17, 15) is 4.79 Å². The first-order chi connectivity index (χ1) is 13.8. The minimum atomic E-state index is -0.450. The molecule has 1 aliphatic rings. The second-order valence-electron chi connectivity index (χ2n) is 9.24. The van der Waals surface area contributed by atoms with E-state index in [-0.39, 0.29) is 24.0 Å². The van der Waals surface area contributed by atoms with Gasteiger partial charge in [-0.05, 0) is 51.7 Å². The van der Waals surface area contributed by atoms with E-state index in [1.807, 2.05) is 20.8 Å². The molecule has 0 aliphatic heterocycles. The highest BCUT2D eigenvalue weighted by atomic mass is 16.6. The topological polar surface area (TPSA) is 29.5 Å². The van der Waals surface area contributed by atoms with Gasteiger partial charge in [-0.3, -0.25) is 9.69 Å². The lowest BCUT2D eigenvalue weighted by Crippen LogP contribution is -2.47. The number of ether oxygens (including phenoxy) is 1. The summed E-state index contributed by atoms with van der Waals surface area (Å²) in [5, 5.41) is 0. The summed E-state index contributed by atoms with van der Waals surface area (Å²) in [6.45, 7) is 8.96. The Bertz CT molecular complexity index is 766. The third kappa shape index (κ3) is 5.93. The van der Waals surface area contributed by atoms with Gasteiger partial charge in [0.1, 0.15) is 5.60 Å². The van der Waals surface area contributed by atoms with Crippen molar-refractivity contribution in [3.05, 3.63) is 71.8 Å². The van der Waals surface area contributed by atoms with Crippen LogP contribution in [0, 0.1) is 5.92 Å². The molecule has 3 nitrogen and oxygen atoms in total. The van der Waals surface area contributed by atoms with Crippen molar-refractivity contribution in [3.63, 3.8) is 0 Å². The first-order valence-electron chi connectivity index (χ1n) is 10.9. The van der Waals surface area contributed by atoms with E-state index >= 15 is 0 Å². The molecule has 29 heavy (non-hydrogen) atoms. The molecule has 2 aromatic rings. The van der Waals surface area contributed by atoms with Crippen LogP contribution in [-0.2, 0) is 16.1 Å². The van der Waals surface area contributed by atoms with Crippen molar-refractivity contribution in [1.82, 2.24) is 4.90 Å². The Morgan fingerprint density at radius 3 is 2.21 bits per heavy atom. The fraction of sp³-hybridized carbons (Fsp3) is 0.500. The van der Waals surface area contributed by atoms with Crippen molar-refractivity contribution in [2.45, 2.75) is 77.6 Å². The van der Waals surface area contributed by atoms with Crippen LogP contribution in [-0.4, -0.2) is 22.5 Å². The summed E-state index contributed by atoms with van der Waals surface area (Å²) in [5.41, 5.74) is 2.12. The highest BCUT2D eigenvalue weighted by molar-refractivity contribution is 5.74. The van der Waals surface area contributed by atoms with Crippen LogP contribution in [0.15, 0.2) is 60.7 Å². The largest absolute Gasteiger partial charge is 0.460 e. The molecule has 3 heteroatoms. The predicted octanol–water partition coefficient (Wildman–Crippen LogP) is 6.15. The number of esters is 1. The third-order valence-corrected chi connectivity index (χ3v) is 5.85. The van der Waals surface area contributed by atoms with Crippen molar-refractivity contribution >= 4 is 5.97 Å². The van der Waals surface area contributed by atoms with Gasteiger partial charge in [0.15, 0.2) is 0 Å². The molecule has 156 valence electrons. The minimum absolute atomic E-state index is 0.0412. The number of hydrogen-bond acceptors (Lipinski definition) is 3. The molecule has 3 atom stereocenters. The quantitative estimate of drug-likeness (QED) is 0.551. The molecule has 1 fully saturated rings. The van der Waals surface area contributed by atoms with Gasteiger partial charge in [-0.15, -0.1) is 0 Å². The molecule has 0 amide bonds. The van der Waals surface area contributed by atoms with E-state index < -0.39 is 5.60 Å².